The fourth-order valence-electron chi connectivity index (χ4n) is 5.65. The van der Waals surface area contributed by atoms with Gasteiger partial charge in [-0.1, -0.05) is 31.6 Å². The zero-order valence-corrected chi connectivity index (χ0v) is 21.8. The number of aromatic nitrogens is 2. The first-order chi connectivity index (χ1) is 17.0. The predicted molar refractivity (Wildman–Crippen MR) is 134 cm³/mol. The lowest BCUT2D eigenvalue weighted by atomic mass is 9.65. The van der Waals surface area contributed by atoms with E-state index in [4.69, 9.17) is 14.2 Å². The van der Waals surface area contributed by atoms with Gasteiger partial charge in [-0.05, 0) is 68.6 Å². The molecule has 2 bridgehead atoms. The van der Waals surface area contributed by atoms with Crippen LogP contribution in [0.25, 0.3) is 6.08 Å². The molecule has 0 unspecified atom stereocenters. The van der Waals surface area contributed by atoms with Crippen LogP contribution >= 0.6 is 0 Å². The highest BCUT2D eigenvalue weighted by Gasteiger charge is 2.54. The highest BCUT2D eigenvalue weighted by molar-refractivity contribution is 5.91. The summed E-state index contributed by atoms with van der Waals surface area (Å²) in [7, 11) is 3.14. The average Bonchev–Trinajstić information content (AvgIpc) is 3.39. The van der Waals surface area contributed by atoms with Crippen molar-refractivity contribution in [2.24, 2.45) is 30.7 Å². The van der Waals surface area contributed by atoms with Gasteiger partial charge in [-0.2, -0.15) is 0 Å². The van der Waals surface area contributed by atoms with Crippen LogP contribution in [-0.4, -0.2) is 51.2 Å². The molecular weight excluding hydrogens is 460 g/mol. The first-order valence-corrected chi connectivity index (χ1v) is 12.4. The Hall–Kier alpha value is -2.97. The molecule has 3 heterocycles. The van der Waals surface area contributed by atoms with Crippen LogP contribution < -0.4 is 0 Å². The van der Waals surface area contributed by atoms with Crippen molar-refractivity contribution in [3.05, 3.63) is 59.7 Å². The van der Waals surface area contributed by atoms with Crippen LogP contribution in [0, 0.1) is 23.7 Å². The first-order valence-electron chi connectivity index (χ1n) is 12.4. The number of ether oxygens (including phenoxy) is 3. The molecule has 0 aromatic carbocycles. The largest absolute Gasteiger partial charge is 0.466 e. The van der Waals surface area contributed by atoms with Crippen molar-refractivity contribution < 1.29 is 28.9 Å². The van der Waals surface area contributed by atoms with E-state index in [0.717, 1.165) is 6.42 Å². The van der Waals surface area contributed by atoms with Crippen molar-refractivity contribution in [1.82, 2.24) is 9.55 Å². The standard InChI is InChI=1S/C28H36N2O6/c1-17(2)20-9-7-18(3)21-14-24(35-25(31)10-8-19-15-30(5)16-29-19)27(4)11-12-28(33,36-27)23(13-22(20)21)26(32)34-6/h7-8,10-13,15-17,20-22,24,33H,9,14H2,1-6H3/b10-8+,23-13-/t20-,21+,22-,24+,27+,28-/m1/s1. The Kier molecular flexibility index (Phi) is 7.12. The first kappa shape index (κ1) is 26.1. The minimum absolute atomic E-state index is 0.0137. The van der Waals surface area contributed by atoms with Gasteiger partial charge in [0.25, 0.3) is 0 Å². The molecule has 194 valence electrons. The van der Waals surface area contributed by atoms with Crippen LogP contribution in [0.2, 0.25) is 0 Å². The van der Waals surface area contributed by atoms with Gasteiger partial charge in [0.15, 0.2) is 0 Å². The molecule has 0 fully saturated rings. The summed E-state index contributed by atoms with van der Waals surface area (Å²) in [6, 6.07) is 0. The third kappa shape index (κ3) is 4.97. The van der Waals surface area contributed by atoms with Gasteiger partial charge in [0, 0.05) is 19.3 Å². The number of hydrogen-bond acceptors (Lipinski definition) is 7. The summed E-state index contributed by atoms with van der Waals surface area (Å²) in [5, 5.41) is 11.5. The molecule has 1 aromatic heterocycles. The summed E-state index contributed by atoms with van der Waals surface area (Å²) in [5.74, 6) is -2.68. The number of aryl methyl sites for hydroxylation is 1. The molecule has 0 spiro atoms. The van der Waals surface area contributed by atoms with Crippen molar-refractivity contribution in [3.63, 3.8) is 0 Å². The van der Waals surface area contributed by atoms with E-state index < -0.39 is 29.4 Å². The Morgan fingerprint density at radius 1 is 1.33 bits per heavy atom. The van der Waals surface area contributed by atoms with Crippen molar-refractivity contribution >= 4 is 18.0 Å². The number of esters is 2. The van der Waals surface area contributed by atoms with Crippen LogP contribution in [0.3, 0.4) is 0 Å². The SMILES string of the molecule is COC(=O)/C1=C/[C@@H]2[C@@H](C(C)C)CC=C(C)[C@@H]2C[C@H](OC(=O)/C=C/c2cn(C)cn2)[C@]2(C)C=C[C@@]1(O)O2. The smallest absolute Gasteiger partial charge is 0.339 e. The summed E-state index contributed by atoms with van der Waals surface area (Å²) in [6.07, 6.45) is 14.2. The molecule has 8 nitrogen and oxygen atoms in total. The van der Waals surface area contributed by atoms with E-state index in [1.165, 1.54) is 24.8 Å². The molecule has 2 aliphatic heterocycles. The summed E-state index contributed by atoms with van der Waals surface area (Å²) >= 11 is 0. The number of rotatable bonds is 5. The van der Waals surface area contributed by atoms with E-state index >= 15 is 0 Å². The van der Waals surface area contributed by atoms with Gasteiger partial charge >= 0.3 is 11.9 Å². The zero-order chi connectivity index (χ0) is 26.3. The number of carbonyl (C=O) groups is 2. The molecule has 3 aliphatic rings. The Labute approximate surface area is 212 Å². The fourth-order valence-corrected chi connectivity index (χ4v) is 5.65. The molecule has 0 saturated heterocycles. The van der Waals surface area contributed by atoms with Crippen LogP contribution in [0.1, 0.15) is 46.2 Å². The van der Waals surface area contributed by atoms with Gasteiger partial charge < -0.3 is 23.9 Å². The molecule has 36 heavy (non-hydrogen) atoms. The number of aliphatic hydroxyl groups is 1. The van der Waals surface area contributed by atoms with E-state index in [1.807, 2.05) is 13.1 Å². The molecule has 1 aromatic rings. The van der Waals surface area contributed by atoms with Crippen molar-refractivity contribution in [3.8, 4) is 0 Å². The Morgan fingerprint density at radius 3 is 2.72 bits per heavy atom. The van der Waals surface area contributed by atoms with E-state index in [9.17, 15) is 14.7 Å². The third-order valence-corrected chi connectivity index (χ3v) is 7.76. The maximum absolute atomic E-state index is 12.9. The number of imidazole rings is 1. The van der Waals surface area contributed by atoms with Gasteiger partial charge in [0.05, 0.1) is 24.7 Å². The summed E-state index contributed by atoms with van der Waals surface area (Å²) in [5.41, 5.74) is 0.706. The molecule has 8 heteroatoms. The highest BCUT2D eigenvalue weighted by atomic mass is 16.7. The molecule has 0 amide bonds. The van der Waals surface area contributed by atoms with E-state index in [0.29, 0.717) is 18.0 Å². The molecule has 0 saturated carbocycles. The maximum Gasteiger partial charge on any atom is 0.339 e. The van der Waals surface area contributed by atoms with E-state index in [-0.39, 0.29) is 23.3 Å². The second kappa shape index (κ2) is 9.82. The van der Waals surface area contributed by atoms with Gasteiger partial charge in [-0.15, -0.1) is 0 Å². The second-order valence-electron chi connectivity index (χ2n) is 10.6. The van der Waals surface area contributed by atoms with Crippen molar-refractivity contribution in [2.75, 3.05) is 7.11 Å². The minimum atomic E-state index is -1.98. The van der Waals surface area contributed by atoms with Crippen LogP contribution in [-0.2, 0) is 30.8 Å². The monoisotopic (exact) mass is 496 g/mol. The molecule has 1 N–H and O–H groups in total. The van der Waals surface area contributed by atoms with Crippen molar-refractivity contribution in [1.29, 1.82) is 0 Å². The van der Waals surface area contributed by atoms with Gasteiger partial charge in [0.1, 0.15) is 11.7 Å². The summed E-state index contributed by atoms with van der Waals surface area (Å²) in [6.45, 7) is 8.16. The molecular formula is C28H36N2O6. The minimum Gasteiger partial charge on any atom is -0.466 e. The average molecular weight is 497 g/mol. The topological polar surface area (TPSA) is 99.9 Å². The number of fused-ring (bicyclic) bond motifs is 3. The molecule has 1 aliphatic carbocycles. The zero-order valence-electron chi connectivity index (χ0n) is 21.8. The lowest BCUT2D eigenvalue weighted by Gasteiger charge is -2.41. The lowest BCUT2D eigenvalue weighted by molar-refractivity contribution is -0.216. The third-order valence-electron chi connectivity index (χ3n) is 7.76. The van der Waals surface area contributed by atoms with E-state index in [2.05, 4.69) is 31.8 Å². The second-order valence-corrected chi connectivity index (χ2v) is 10.6. The number of methoxy groups -OCH3 is 1. The Morgan fingerprint density at radius 2 is 2.08 bits per heavy atom. The summed E-state index contributed by atoms with van der Waals surface area (Å²) < 4.78 is 19.0. The number of carbonyl (C=O) groups excluding carboxylic acids is 2. The van der Waals surface area contributed by atoms with Gasteiger partial charge in [0.2, 0.25) is 5.79 Å². The Balaban J connectivity index is 1.73. The van der Waals surface area contributed by atoms with Gasteiger partial charge in [-0.25, -0.2) is 14.6 Å². The van der Waals surface area contributed by atoms with E-state index in [1.54, 1.807) is 36.2 Å². The highest BCUT2D eigenvalue weighted by Crippen LogP contribution is 2.49. The number of hydrogen-bond donors (Lipinski definition) is 1. The van der Waals surface area contributed by atoms with Crippen LogP contribution in [0.5, 0.6) is 0 Å². The fraction of sp³-hybridized carbons (Fsp3) is 0.536. The van der Waals surface area contributed by atoms with Crippen molar-refractivity contribution in [2.45, 2.75) is 58.0 Å². The quantitative estimate of drug-likeness (QED) is 0.377. The molecule has 6 atom stereocenters. The lowest BCUT2D eigenvalue weighted by Crippen LogP contribution is -2.47. The predicted octanol–water partition coefficient (Wildman–Crippen LogP) is 3.74. The molecule has 4 rings (SSSR count). The molecule has 0 radical (unpaired) electrons. The summed E-state index contributed by atoms with van der Waals surface area (Å²) in [4.78, 5) is 30.0. The Bertz CT molecular complexity index is 1140. The number of allylic oxidation sites excluding steroid dienone is 3. The number of nitrogens with zero attached hydrogens (tertiary/aromatic N) is 2. The van der Waals surface area contributed by atoms with Crippen LogP contribution in [0.15, 0.2) is 54.1 Å². The van der Waals surface area contributed by atoms with Crippen LogP contribution in [0.4, 0.5) is 0 Å². The van der Waals surface area contributed by atoms with Gasteiger partial charge in [-0.3, -0.25) is 0 Å². The maximum atomic E-state index is 12.9. The normalized spacial score (nSPS) is 35.3.